The Balaban J connectivity index is 2.27. The van der Waals surface area contributed by atoms with E-state index >= 15 is 0 Å². The lowest BCUT2D eigenvalue weighted by atomic mass is 10.1. The number of benzene rings is 2. The highest BCUT2D eigenvalue weighted by atomic mass is 32.2. The molecule has 0 spiro atoms. The Hall–Kier alpha value is -3.14. The molecule has 0 aliphatic rings. The Kier molecular flexibility index (Phi) is 5.78. The molecule has 2 aromatic carbocycles. The molecule has 9 nitrogen and oxygen atoms in total. The van der Waals surface area contributed by atoms with Crippen molar-refractivity contribution in [1.82, 2.24) is 0 Å². The van der Waals surface area contributed by atoms with Crippen molar-refractivity contribution in [3.05, 3.63) is 58.1 Å². The number of non-ortho nitro benzene ring substituents is 1. The SMILES string of the molecule is COc1ccc([N+](=O)[O-])cc1NS(=O)(=O)c1ccc(CCC(=O)O)cc1. The largest absolute Gasteiger partial charge is 0.495 e. The van der Waals surface area contributed by atoms with Crippen LogP contribution in [0.4, 0.5) is 11.4 Å². The summed E-state index contributed by atoms with van der Waals surface area (Å²) >= 11 is 0. The molecule has 2 N–H and O–H groups in total. The molecule has 0 bridgehead atoms. The van der Waals surface area contributed by atoms with Crippen molar-refractivity contribution in [2.24, 2.45) is 0 Å². The third kappa shape index (κ3) is 4.70. The monoisotopic (exact) mass is 380 g/mol. The predicted octanol–water partition coefficient (Wildman–Crippen LogP) is 2.42. The summed E-state index contributed by atoms with van der Waals surface area (Å²) in [5.41, 5.74) is 0.337. The highest BCUT2D eigenvalue weighted by Crippen LogP contribution is 2.30. The quantitative estimate of drug-likeness (QED) is 0.530. The first-order valence-corrected chi connectivity index (χ1v) is 8.87. The number of aryl methyl sites for hydroxylation is 1. The van der Waals surface area contributed by atoms with Gasteiger partial charge in [-0.2, -0.15) is 0 Å². The first-order chi connectivity index (χ1) is 12.2. The van der Waals surface area contributed by atoms with E-state index in [1.807, 2.05) is 0 Å². The van der Waals surface area contributed by atoms with E-state index in [-0.39, 0.29) is 34.9 Å². The fourth-order valence-electron chi connectivity index (χ4n) is 2.18. The summed E-state index contributed by atoms with van der Waals surface area (Å²) in [5, 5.41) is 19.5. The molecule has 0 heterocycles. The molecule has 26 heavy (non-hydrogen) atoms. The summed E-state index contributed by atoms with van der Waals surface area (Å²) in [6, 6.07) is 9.27. The second-order valence-electron chi connectivity index (χ2n) is 5.28. The van der Waals surface area contributed by atoms with Crippen LogP contribution in [0, 0.1) is 10.1 Å². The fraction of sp³-hybridized carbons (Fsp3) is 0.188. The second-order valence-corrected chi connectivity index (χ2v) is 6.97. The Morgan fingerprint density at radius 2 is 1.88 bits per heavy atom. The van der Waals surface area contributed by atoms with E-state index in [0.29, 0.717) is 5.56 Å². The molecule has 0 aliphatic carbocycles. The number of hydrogen-bond donors (Lipinski definition) is 2. The molecular weight excluding hydrogens is 364 g/mol. The van der Waals surface area contributed by atoms with Gasteiger partial charge in [-0.25, -0.2) is 8.42 Å². The van der Waals surface area contributed by atoms with Gasteiger partial charge in [0.15, 0.2) is 0 Å². The van der Waals surface area contributed by atoms with E-state index in [1.165, 1.54) is 43.5 Å². The molecule has 0 amide bonds. The second kappa shape index (κ2) is 7.83. The van der Waals surface area contributed by atoms with Gasteiger partial charge >= 0.3 is 5.97 Å². The number of nitro benzene ring substituents is 1. The number of sulfonamides is 1. The van der Waals surface area contributed by atoms with Crippen LogP contribution in [0.2, 0.25) is 0 Å². The number of rotatable bonds is 8. The van der Waals surface area contributed by atoms with Crippen molar-refractivity contribution in [2.75, 3.05) is 11.8 Å². The molecule has 0 saturated heterocycles. The first kappa shape index (κ1) is 19.2. The smallest absolute Gasteiger partial charge is 0.303 e. The molecule has 0 aromatic heterocycles. The minimum Gasteiger partial charge on any atom is -0.495 e. The number of carboxylic acid groups (broad SMARTS) is 1. The van der Waals surface area contributed by atoms with Crippen LogP contribution in [0.25, 0.3) is 0 Å². The Labute approximate surface area is 149 Å². The normalized spacial score (nSPS) is 11.0. The number of carboxylic acids is 1. The molecule has 10 heteroatoms. The van der Waals surface area contributed by atoms with Gasteiger partial charge in [0, 0.05) is 18.6 Å². The Bertz CT molecular complexity index is 924. The lowest BCUT2D eigenvalue weighted by Gasteiger charge is -2.12. The van der Waals surface area contributed by atoms with Gasteiger partial charge in [0.1, 0.15) is 5.75 Å². The molecule has 0 fully saturated rings. The number of anilines is 1. The van der Waals surface area contributed by atoms with Gasteiger partial charge in [-0.3, -0.25) is 19.6 Å². The predicted molar refractivity (Wildman–Crippen MR) is 92.9 cm³/mol. The number of nitrogens with one attached hydrogen (secondary N) is 1. The summed E-state index contributed by atoms with van der Waals surface area (Å²) in [4.78, 5) is 20.7. The lowest BCUT2D eigenvalue weighted by Crippen LogP contribution is -2.14. The van der Waals surface area contributed by atoms with Crippen LogP contribution in [-0.2, 0) is 21.2 Å². The molecule has 0 aliphatic heterocycles. The van der Waals surface area contributed by atoms with Crippen LogP contribution in [0.5, 0.6) is 5.75 Å². The van der Waals surface area contributed by atoms with Gasteiger partial charge in [-0.05, 0) is 30.2 Å². The number of methoxy groups -OCH3 is 1. The van der Waals surface area contributed by atoms with Crippen molar-refractivity contribution in [3.8, 4) is 5.75 Å². The summed E-state index contributed by atoms with van der Waals surface area (Å²) in [5.74, 6) is -0.807. The van der Waals surface area contributed by atoms with Crippen LogP contribution in [0.15, 0.2) is 47.4 Å². The Morgan fingerprint density at radius 3 is 2.42 bits per heavy atom. The fourth-order valence-corrected chi connectivity index (χ4v) is 3.24. The third-order valence-electron chi connectivity index (χ3n) is 3.50. The number of hydrogen-bond acceptors (Lipinski definition) is 6. The van der Waals surface area contributed by atoms with Crippen LogP contribution in [0.1, 0.15) is 12.0 Å². The summed E-state index contributed by atoms with van der Waals surface area (Å²) < 4.78 is 32.3. The maximum absolute atomic E-state index is 12.5. The first-order valence-electron chi connectivity index (χ1n) is 7.39. The van der Waals surface area contributed by atoms with E-state index < -0.39 is 20.9 Å². The van der Waals surface area contributed by atoms with Crippen LogP contribution >= 0.6 is 0 Å². The molecule has 0 unspecified atom stereocenters. The molecule has 2 aromatic rings. The molecule has 138 valence electrons. The standard InChI is InChI=1S/C16H16N2O7S/c1-25-15-8-5-12(18(21)22)10-14(15)17-26(23,24)13-6-2-11(3-7-13)4-9-16(19)20/h2-3,5-8,10,17H,4,9H2,1H3,(H,19,20). The summed E-state index contributed by atoms with van der Waals surface area (Å²) in [6.45, 7) is 0. The van der Waals surface area contributed by atoms with Gasteiger partial charge in [-0.1, -0.05) is 12.1 Å². The van der Waals surface area contributed by atoms with Crippen molar-refractivity contribution in [1.29, 1.82) is 0 Å². The van der Waals surface area contributed by atoms with Crippen molar-refractivity contribution in [3.63, 3.8) is 0 Å². The van der Waals surface area contributed by atoms with E-state index in [1.54, 1.807) is 0 Å². The van der Waals surface area contributed by atoms with E-state index in [9.17, 15) is 23.3 Å². The third-order valence-corrected chi connectivity index (χ3v) is 4.88. The van der Waals surface area contributed by atoms with Gasteiger partial charge < -0.3 is 9.84 Å². The number of carbonyl (C=O) groups is 1. The van der Waals surface area contributed by atoms with E-state index in [0.717, 1.165) is 6.07 Å². The molecule has 0 saturated carbocycles. The lowest BCUT2D eigenvalue weighted by molar-refractivity contribution is -0.384. The van der Waals surface area contributed by atoms with Gasteiger partial charge in [0.05, 0.1) is 22.6 Å². The maximum Gasteiger partial charge on any atom is 0.303 e. The summed E-state index contributed by atoms with van der Waals surface area (Å²) in [6.07, 6.45) is 0.219. The zero-order valence-corrected chi connectivity index (χ0v) is 14.5. The highest BCUT2D eigenvalue weighted by Gasteiger charge is 2.19. The molecule has 2 rings (SSSR count). The summed E-state index contributed by atoms with van der Waals surface area (Å²) in [7, 11) is -2.69. The van der Waals surface area contributed by atoms with Gasteiger partial charge in [0.2, 0.25) is 0 Å². The zero-order chi connectivity index (χ0) is 19.3. The highest BCUT2D eigenvalue weighted by molar-refractivity contribution is 7.92. The number of nitrogens with zero attached hydrogens (tertiary/aromatic N) is 1. The van der Waals surface area contributed by atoms with E-state index in [4.69, 9.17) is 9.84 Å². The average molecular weight is 380 g/mol. The van der Waals surface area contributed by atoms with Crippen LogP contribution in [0.3, 0.4) is 0 Å². The molecular formula is C16H16N2O7S. The average Bonchev–Trinajstić information content (AvgIpc) is 2.59. The minimum atomic E-state index is -4.01. The molecule has 0 atom stereocenters. The van der Waals surface area contributed by atoms with Gasteiger partial charge in [0.25, 0.3) is 15.7 Å². The van der Waals surface area contributed by atoms with Crippen molar-refractivity contribution >= 4 is 27.4 Å². The number of aliphatic carboxylic acids is 1. The van der Waals surface area contributed by atoms with Crippen LogP contribution < -0.4 is 9.46 Å². The topological polar surface area (TPSA) is 136 Å². The molecule has 0 radical (unpaired) electrons. The van der Waals surface area contributed by atoms with Crippen molar-refractivity contribution in [2.45, 2.75) is 17.7 Å². The minimum absolute atomic E-state index is 0.0587. The number of nitro groups is 1. The number of ether oxygens (including phenoxy) is 1. The van der Waals surface area contributed by atoms with Gasteiger partial charge in [-0.15, -0.1) is 0 Å². The maximum atomic E-state index is 12.5. The zero-order valence-electron chi connectivity index (χ0n) is 13.7. The van der Waals surface area contributed by atoms with Crippen molar-refractivity contribution < 1.29 is 28.0 Å². The van der Waals surface area contributed by atoms with E-state index in [2.05, 4.69) is 4.72 Å². The van der Waals surface area contributed by atoms with Crippen LogP contribution in [-0.4, -0.2) is 31.5 Å². The Morgan fingerprint density at radius 1 is 1.23 bits per heavy atom.